The number of methoxy groups -OCH3 is 1. The van der Waals surface area contributed by atoms with Crippen LogP contribution < -0.4 is 16.2 Å². The molecular formula is C12H14N4O2. The van der Waals surface area contributed by atoms with E-state index < -0.39 is 5.91 Å². The zero-order valence-electron chi connectivity index (χ0n) is 9.96. The molecule has 0 aliphatic rings. The summed E-state index contributed by atoms with van der Waals surface area (Å²) >= 11 is 0. The summed E-state index contributed by atoms with van der Waals surface area (Å²) in [6, 6.07) is 5.39. The summed E-state index contributed by atoms with van der Waals surface area (Å²) in [7, 11) is 1.58. The lowest BCUT2D eigenvalue weighted by Gasteiger charge is -2.09. The number of ether oxygens (including phenoxy) is 1. The Balaban J connectivity index is 2.25. The van der Waals surface area contributed by atoms with Crippen LogP contribution in [0.4, 0.5) is 5.69 Å². The fourth-order valence-electron chi connectivity index (χ4n) is 1.64. The topological polar surface area (TPSA) is 96.2 Å². The number of anilines is 1. The lowest BCUT2D eigenvalue weighted by atomic mass is 10.2. The maximum atomic E-state index is 11.0. The molecule has 2 aromatic rings. The van der Waals surface area contributed by atoms with Gasteiger partial charge < -0.3 is 16.2 Å². The third-order valence-corrected chi connectivity index (χ3v) is 2.56. The van der Waals surface area contributed by atoms with Gasteiger partial charge >= 0.3 is 0 Å². The smallest absolute Gasteiger partial charge is 0.251 e. The van der Waals surface area contributed by atoms with E-state index in [1.54, 1.807) is 30.1 Å². The Labute approximate surface area is 104 Å². The molecule has 0 unspecified atom stereocenters. The van der Waals surface area contributed by atoms with E-state index in [1.807, 2.05) is 6.07 Å². The maximum absolute atomic E-state index is 11.0. The predicted molar refractivity (Wildman–Crippen MR) is 67.3 cm³/mol. The minimum absolute atomic E-state index is 0.379. The molecule has 0 radical (unpaired) electrons. The van der Waals surface area contributed by atoms with Crippen molar-refractivity contribution in [1.82, 2.24) is 9.78 Å². The highest BCUT2D eigenvalue weighted by molar-refractivity contribution is 5.92. The number of benzene rings is 1. The molecule has 0 saturated carbocycles. The van der Waals surface area contributed by atoms with Crippen LogP contribution in [-0.2, 0) is 6.54 Å². The van der Waals surface area contributed by atoms with E-state index in [0.29, 0.717) is 23.5 Å². The van der Waals surface area contributed by atoms with Gasteiger partial charge in [0.1, 0.15) is 5.75 Å². The second-order valence-corrected chi connectivity index (χ2v) is 3.86. The first kappa shape index (κ1) is 12.0. The number of aromatic nitrogens is 2. The third kappa shape index (κ3) is 2.42. The van der Waals surface area contributed by atoms with Crippen molar-refractivity contribution in [3.8, 4) is 5.75 Å². The van der Waals surface area contributed by atoms with Gasteiger partial charge in [0.25, 0.3) is 5.91 Å². The first-order valence-corrected chi connectivity index (χ1v) is 5.35. The van der Waals surface area contributed by atoms with Gasteiger partial charge in [-0.2, -0.15) is 5.10 Å². The van der Waals surface area contributed by atoms with Crippen molar-refractivity contribution in [2.24, 2.45) is 5.73 Å². The Kier molecular flexibility index (Phi) is 3.18. The lowest BCUT2D eigenvalue weighted by molar-refractivity contribution is 0.1000. The molecule has 4 N–H and O–H groups in total. The molecule has 0 aliphatic carbocycles. The number of hydrogen-bond acceptors (Lipinski definition) is 4. The molecule has 2 rings (SSSR count). The van der Waals surface area contributed by atoms with E-state index >= 15 is 0 Å². The van der Waals surface area contributed by atoms with Crippen molar-refractivity contribution in [3.63, 3.8) is 0 Å². The number of amides is 1. The Morgan fingerprint density at radius 2 is 2.28 bits per heavy atom. The largest absolute Gasteiger partial charge is 0.496 e. The Hall–Kier alpha value is -2.50. The first-order chi connectivity index (χ1) is 8.60. The molecule has 94 valence electrons. The SMILES string of the molecule is COc1cc(N)ccc1Cn1cc(C(N)=O)cn1. The van der Waals surface area contributed by atoms with Crippen molar-refractivity contribution in [2.45, 2.75) is 6.54 Å². The Morgan fingerprint density at radius 3 is 2.89 bits per heavy atom. The number of nitrogens with two attached hydrogens (primary N) is 2. The summed E-state index contributed by atoms with van der Waals surface area (Å²) in [4.78, 5) is 11.0. The van der Waals surface area contributed by atoms with E-state index in [2.05, 4.69) is 5.10 Å². The normalized spacial score (nSPS) is 10.3. The van der Waals surface area contributed by atoms with Crippen LogP contribution in [-0.4, -0.2) is 22.8 Å². The Bertz CT molecular complexity index is 577. The summed E-state index contributed by atoms with van der Waals surface area (Å²) in [5.41, 5.74) is 12.8. The molecular weight excluding hydrogens is 232 g/mol. The van der Waals surface area contributed by atoms with E-state index in [9.17, 15) is 4.79 Å². The zero-order chi connectivity index (χ0) is 13.1. The van der Waals surface area contributed by atoms with Gasteiger partial charge in [-0.05, 0) is 6.07 Å². The standard InChI is InChI=1S/C12H14N4O2/c1-18-11-4-10(13)3-2-8(11)6-16-7-9(5-15-16)12(14)17/h2-5,7H,6,13H2,1H3,(H2,14,17). The highest BCUT2D eigenvalue weighted by Gasteiger charge is 2.07. The minimum atomic E-state index is -0.495. The van der Waals surface area contributed by atoms with E-state index in [-0.39, 0.29) is 0 Å². The van der Waals surface area contributed by atoms with Gasteiger partial charge in [0.15, 0.2) is 0 Å². The van der Waals surface area contributed by atoms with Gasteiger partial charge in [0.05, 0.1) is 25.4 Å². The Morgan fingerprint density at radius 1 is 1.50 bits per heavy atom. The zero-order valence-corrected chi connectivity index (χ0v) is 9.96. The molecule has 18 heavy (non-hydrogen) atoms. The maximum Gasteiger partial charge on any atom is 0.251 e. The number of nitrogens with zero attached hydrogens (tertiary/aromatic N) is 2. The van der Waals surface area contributed by atoms with Crippen LogP contribution in [0.2, 0.25) is 0 Å². The second-order valence-electron chi connectivity index (χ2n) is 3.86. The number of rotatable bonds is 4. The van der Waals surface area contributed by atoms with E-state index in [4.69, 9.17) is 16.2 Å². The summed E-state index contributed by atoms with van der Waals surface area (Å²) < 4.78 is 6.86. The van der Waals surface area contributed by atoms with Crippen LogP contribution >= 0.6 is 0 Å². The quantitative estimate of drug-likeness (QED) is 0.773. The molecule has 1 amide bonds. The molecule has 0 atom stereocenters. The van der Waals surface area contributed by atoms with Crippen LogP contribution in [0.3, 0.4) is 0 Å². The average Bonchev–Trinajstić information content (AvgIpc) is 2.80. The summed E-state index contributed by atoms with van der Waals surface area (Å²) in [5.74, 6) is 0.191. The summed E-state index contributed by atoms with van der Waals surface area (Å²) in [5, 5.41) is 4.06. The van der Waals surface area contributed by atoms with Crippen molar-refractivity contribution < 1.29 is 9.53 Å². The van der Waals surface area contributed by atoms with Gasteiger partial charge in [-0.15, -0.1) is 0 Å². The molecule has 0 fully saturated rings. The fourth-order valence-corrected chi connectivity index (χ4v) is 1.64. The number of primary amides is 1. The van der Waals surface area contributed by atoms with Crippen molar-refractivity contribution in [1.29, 1.82) is 0 Å². The fraction of sp³-hybridized carbons (Fsp3) is 0.167. The third-order valence-electron chi connectivity index (χ3n) is 2.56. The first-order valence-electron chi connectivity index (χ1n) is 5.35. The summed E-state index contributed by atoms with van der Waals surface area (Å²) in [6.45, 7) is 0.483. The highest BCUT2D eigenvalue weighted by atomic mass is 16.5. The van der Waals surface area contributed by atoms with Crippen LogP contribution in [0.15, 0.2) is 30.6 Å². The second kappa shape index (κ2) is 4.79. The lowest BCUT2D eigenvalue weighted by Crippen LogP contribution is -2.09. The molecule has 0 aliphatic heterocycles. The number of nitrogen functional groups attached to an aromatic ring is 1. The number of hydrogen-bond donors (Lipinski definition) is 2. The molecule has 0 bridgehead atoms. The molecule has 0 saturated heterocycles. The van der Waals surface area contributed by atoms with Gasteiger partial charge in [0.2, 0.25) is 0 Å². The number of carbonyl (C=O) groups excluding carboxylic acids is 1. The van der Waals surface area contributed by atoms with Crippen molar-refractivity contribution in [3.05, 3.63) is 41.7 Å². The van der Waals surface area contributed by atoms with Crippen LogP contribution in [0.1, 0.15) is 15.9 Å². The van der Waals surface area contributed by atoms with Crippen LogP contribution in [0.25, 0.3) is 0 Å². The average molecular weight is 246 g/mol. The summed E-state index contributed by atoms with van der Waals surface area (Å²) in [6.07, 6.45) is 3.03. The van der Waals surface area contributed by atoms with Crippen molar-refractivity contribution in [2.75, 3.05) is 12.8 Å². The van der Waals surface area contributed by atoms with Gasteiger partial charge in [0, 0.05) is 23.5 Å². The predicted octanol–water partition coefficient (Wildman–Crippen LogP) is 0.621. The van der Waals surface area contributed by atoms with Crippen LogP contribution in [0.5, 0.6) is 5.75 Å². The molecule has 0 spiro atoms. The van der Waals surface area contributed by atoms with Crippen LogP contribution in [0, 0.1) is 0 Å². The molecule has 6 nitrogen and oxygen atoms in total. The van der Waals surface area contributed by atoms with Gasteiger partial charge in [-0.1, -0.05) is 6.07 Å². The molecule has 1 aromatic heterocycles. The van der Waals surface area contributed by atoms with Gasteiger partial charge in [-0.25, -0.2) is 0 Å². The molecule has 1 aromatic carbocycles. The molecule has 6 heteroatoms. The van der Waals surface area contributed by atoms with E-state index in [0.717, 1.165) is 5.56 Å². The minimum Gasteiger partial charge on any atom is -0.496 e. The van der Waals surface area contributed by atoms with E-state index in [1.165, 1.54) is 6.20 Å². The molecule has 1 heterocycles. The van der Waals surface area contributed by atoms with Crippen molar-refractivity contribution >= 4 is 11.6 Å². The number of carbonyl (C=O) groups is 1. The van der Waals surface area contributed by atoms with Gasteiger partial charge in [-0.3, -0.25) is 9.48 Å². The monoisotopic (exact) mass is 246 g/mol. The highest BCUT2D eigenvalue weighted by Crippen LogP contribution is 2.22.